The summed E-state index contributed by atoms with van der Waals surface area (Å²) in [6.45, 7) is 4.29. The van der Waals surface area contributed by atoms with Gasteiger partial charge in [0.1, 0.15) is 0 Å². The normalized spacial score (nSPS) is 29.5. The fraction of sp³-hybridized carbons (Fsp3) is 1.00. The van der Waals surface area contributed by atoms with Crippen molar-refractivity contribution in [3.05, 3.63) is 0 Å². The number of hydrogen-bond acceptors (Lipinski definition) is 2. The monoisotopic (exact) mass is 185 g/mol. The summed E-state index contributed by atoms with van der Waals surface area (Å²) in [5, 5.41) is 0. The predicted molar refractivity (Wildman–Crippen MR) is 55.6 cm³/mol. The smallest absolute Gasteiger partial charge is 0.0622 e. The Balaban J connectivity index is 2.25. The van der Waals surface area contributed by atoms with E-state index in [9.17, 15) is 0 Å². The first-order valence-corrected chi connectivity index (χ1v) is 5.36. The van der Waals surface area contributed by atoms with Crippen LogP contribution >= 0.6 is 0 Å². The molecule has 13 heavy (non-hydrogen) atoms. The van der Waals surface area contributed by atoms with Crippen LogP contribution in [0.25, 0.3) is 0 Å². The number of ether oxygens (including phenoxy) is 1. The van der Waals surface area contributed by atoms with Gasteiger partial charge in [0.2, 0.25) is 0 Å². The lowest BCUT2D eigenvalue weighted by molar-refractivity contribution is 0.0101. The van der Waals surface area contributed by atoms with Crippen molar-refractivity contribution in [1.82, 2.24) is 0 Å². The first-order valence-electron chi connectivity index (χ1n) is 5.36. The Morgan fingerprint density at radius 1 is 1.38 bits per heavy atom. The average molecular weight is 185 g/mol. The largest absolute Gasteiger partial charge is 0.379 e. The van der Waals surface area contributed by atoms with Gasteiger partial charge in [0.25, 0.3) is 0 Å². The van der Waals surface area contributed by atoms with Crippen LogP contribution in [0.2, 0.25) is 0 Å². The topological polar surface area (TPSA) is 35.2 Å². The van der Waals surface area contributed by atoms with E-state index in [1.807, 2.05) is 0 Å². The Bertz CT molecular complexity index is 156. The summed E-state index contributed by atoms with van der Waals surface area (Å²) in [5.74, 6) is 0.745. The summed E-state index contributed by atoms with van der Waals surface area (Å²) in [6, 6.07) is 0.452. The van der Waals surface area contributed by atoms with Gasteiger partial charge in [-0.05, 0) is 45.4 Å². The third kappa shape index (κ3) is 3.28. The Kier molecular flexibility index (Phi) is 3.74. The van der Waals surface area contributed by atoms with Gasteiger partial charge >= 0.3 is 0 Å². The Labute approximate surface area is 81.8 Å². The summed E-state index contributed by atoms with van der Waals surface area (Å²) in [6.07, 6.45) is 6.21. The van der Waals surface area contributed by atoms with E-state index in [-0.39, 0.29) is 5.60 Å². The SMILES string of the molecule is COC(C)(C)CCC1CCCC1N. The van der Waals surface area contributed by atoms with E-state index in [0.29, 0.717) is 6.04 Å². The molecule has 1 fully saturated rings. The van der Waals surface area contributed by atoms with Crippen LogP contribution in [-0.2, 0) is 4.74 Å². The van der Waals surface area contributed by atoms with Crippen LogP contribution in [0.4, 0.5) is 0 Å². The van der Waals surface area contributed by atoms with Crippen LogP contribution in [0.5, 0.6) is 0 Å². The van der Waals surface area contributed by atoms with Crippen molar-refractivity contribution < 1.29 is 4.74 Å². The minimum atomic E-state index is 0.0301. The zero-order chi connectivity index (χ0) is 9.90. The zero-order valence-electron chi connectivity index (χ0n) is 9.18. The molecule has 78 valence electrons. The second-order valence-electron chi connectivity index (χ2n) is 4.86. The van der Waals surface area contributed by atoms with Crippen LogP contribution in [0.3, 0.4) is 0 Å². The van der Waals surface area contributed by atoms with Crippen LogP contribution in [0, 0.1) is 5.92 Å². The third-order valence-electron chi connectivity index (χ3n) is 3.39. The van der Waals surface area contributed by atoms with Gasteiger partial charge in [-0.2, -0.15) is 0 Å². The average Bonchev–Trinajstić information content (AvgIpc) is 2.48. The first-order chi connectivity index (χ1) is 6.05. The van der Waals surface area contributed by atoms with E-state index in [4.69, 9.17) is 10.5 Å². The quantitative estimate of drug-likeness (QED) is 0.729. The second-order valence-corrected chi connectivity index (χ2v) is 4.86. The van der Waals surface area contributed by atoms with Crippen molar-refractivity contribution in [2.45, 2.75) is 57.6 Å². The lowest BCUT2D eigenvalue weighted by atomic mass is 9.92. The lowest BCUT2D eigenvalue weighted by Gasteiger charge is -2.25. The second kappa shape index (κ2) is 4.43. The molecule has 0 aromatic rings. The zero-order valence-corrected chi connectivity index (χ0v) is 9.18. The summed E-state index contributed by atoms with van der Waals surface area (Å²) in [7, 11) is 1.79. The van der Waals surface area contributed by atoms with Crippen molar-refractivity contribution in [2.75, 3.05) is 7.11 Å². The highest BCUT2D eigenvalue weighted by Crippen LogP contribution is 2.30. The van der Waals surface area contributed by atoms with E-state index in [1.165, 1.54) is 25.7 Å². The molecule has 0 aliphatic heterocycles. The van der Waals surface area contributed by atoms with Gasteiger partial charge in [-0.1, -0.05) is 6.42 Å². The number of hydrogen-bond donors (Lipinski definition) is 1. The molecule has 1 aliphatic carbocycles. The minimum Gasteiger partial charge on any atom is -0.379 e. The Morgan fingerprint density at radius 3 is 2.54 bits per heavy atom. The fourth-order valence-corrected chi connectivity index (χ4v) is 2.06. The molecular formula is C11H23NO. The molecule has 2 atom stereocenters. The molecule has 0 amide bonds. The van der Waals surface area contributed by atoms with Crippen molar-refractivity contribution in [3.8, 4) is 0 Å². The molecule has 1 saturated carbocycles. The van der Waals surface area contributed by atoms with E-state index in [1.54, 1.807) is 7.11 Å². The molecule has 2 nitrogen and oxygen atoms in total. The molecule has 0 aromatic carbocycles. The van der Waals surface area contributed by atoms with Gasteiger partial charge in [-0.3, -0.25) is 0 Å². The standard InChI is InChI=1S/C11H23NO/c1-11(2,13-3)8-7-9-5-4-6-10(9)12/h9-10H,4-8,12H2,1-3H3. The van der Waals surface area contributed by atoms with E-state index in [0.717, 1.165) is 12.3 Å². The maximum atomic E-state index is 6.01. The fourth-order valence-electron chi connectivity index (χ4n) is 2.06. The maximum absolute atomic E-state index is 6.01. The molecule has 1 rings (SSSR count). The molecule has 0 heterocycles. The van der Waals surface area contributed by atoms with Crippen molar-refractivity contribution in [3.63, 3.8) is 0 Å². The molecule has 0 bridgehead atoms. The molecule has 0 aromatic heterocycles. The van der Waals surface area contributed by atoms with Crippen molar-refractivity contribution >= 4 is 0 Å². The van der Waals surface area contributed by atoms with Crippen LogP contribution in [0.1, 0.15) is 46.0 Å². The third-order valence-corrected chi connectivity index (χ3v) is 3.39. The lowest BCUT2D eigenvalue weighted by Crippen LogP contribution is -2.28. The maximum Gasteiger partial charge on any atom is 0.0622 e. The van der Waals surface area contributed by atoms with Gasteiger partial charge in [0, 0.05) is 13.2 Å². The van der Waals surface area contributed by atoms with E-state index >= 15 is 0 Å². The first kappa shape index (κ1) is 11.0. The molecule has 2 heteroatoms. The molecule has 0 spiro atoms. The van der Waals surface area contributed by atoms with Gasteiger partial charge in [-0.15, -0.1) is 0 Å². The highest BCUT2D eigenvalue weighted by atomic mass is 16.5. The molecule has 2 N–H and O–H groups in total. The molecule has 2 unspecified atom stereocenters. The molecule has 1 aliphatic rings. The Morgan fingerprint density at radius 2 is 2.08 bits per heavy atom. The van der Waals surface area contributed by atoms with E-state index < -0.39 is 0 Å². The Hall–Kier alpha value is -0.0800. The summed E-state index contributed by atoms with van der Waals surface area (Å²) >= 11 is 0. The van der Waals surface area contributed by atoms with Gasteiger partial charge in [0.15, 0.2) is 0 Å². The highest BCUT2D eigenvalue weighted by molar-refractivity contribution is 4.82. The van der Waals surface area contributed by atoms with Crippen molar-refractivity contribution in [2.24, 2.45) is 11.7 Å². The van der Waals surface area contributed by atoms with E-state index in [2.05, 4.69) is 13.8 Å². The van der Waals surface area contributed by atoms with Crippen molar-refractivity contribution in [1.29, 1.82) is 0 Å². The summed E-state index contributed by atoms with van der Waals surface area (Å²) in [4.78, 5) is 0. The minimum absolute atomic E-state index is 0.0301. The van der Waals surface area contributed by atoms with Crippen LogP contribution in [-0.4, -0.2) is 18.8 Å². The molecule has 0 radical (unpaired) electrons. The van der Waals surface area contributed by atoms with Crippen LogP contribution in [0.15, 0.2) is 0 Å². The molecular weight excluding hydrogens is 162 g/mol. The molecule has 0 saturated heterocycles. The van der Waals surface area contributed by atoms with Gasteiger partial charge < -0.3 is 10.5 Å². The number of methoxy groups -OCH3 is 1. The number of rotatable bonds is 4. The number of nitrogens with two attached hydrogens (primary N) is 1. The predicted octanol–water partition coefficient (Wildman–Crippen LogP) is 2.32. The summed E-state index contributed by atoms with van der Waals surface area (Å²) < 4.78 is 5.39. The summed E-state index contributed by atoms with van der Waals surface area (Å²) in [5.41, 5.74) is 6.04. The van der Waals surface area contributed by atoms with Crippen LogP contribution < -0.4 is 5.73 Å². The van der Waals surface area contributed by atoms with Gasteiger partial charge in [0.05, 0.1) is 5.60 Å². The highest BCUT2D eigenvalue weighted by Gasteiger charge is 2.26. The van der Waals surface area contributed by atoms with Gasteiger partial charge in [-0.25, -0.2) is 0 Å².